The third-order valence-corrected chi connectivity index (χ3v) is 6.89. The molecule has 7 nitrogen and oxygen atoms in total. The maximum Gasteiger partial charge on any atom is 0.315 e. The van der Waals surface area contributed by atoms with E-state index in [2.05, 4.69) is 21.3 Å². The first-order valence-electron chi connectivity index (χ1n) is 13.2. The zero-order chi connectivity index (χ0) is 27.9. The lowest BCUT2D eigenvalue weighted by Crippen LogP contribution is -2.53. The van der Waals surface area contributed by atoms with Crippen LogP contribution in [0.3, 0.4) is 0 Å². The van der Waals surface area contributed by atoms with Crippen LogP contribution in [0.5, 0.6) is 0 Å². The molecule has 3 rings (SSSR count). The Balaban J connectivity index is 0. The molecule has 0 fully saturated rings. The summed E-state index contributed by atoms with van der Waals surface area (Å²) in [4.78, 5) is 25.9. The van der Waals surface area contributed by atoms with Crippen molar-refractivity contribution in [3.8, 4) is 0 Å². The summed E-state index contributed by atoms with van der Waals surface area (Å²) in [6.45, 7) is 1.62. The second kappa shape index (κ2) is 24.4. The van der Waals surface area contributed by atoms with Crippen molar-refractivity contribution < 1.29 is 9.59 Å². The number of unbranched alkanes of at least 4 members (excludes halogenated alkanes) is 1. The van der Waals surface area contributed by atoms with Crippen LogP contribution in [0.15, 0.2) is 78.9 Å². The molecule has 0 saturated heterocycles. The number of urea groups is 1. The Hall–Kier alpha value is -1.94. The van der Waals surface area contributed by atoms with E-state index in [9.17, 15) is 9.59 Å². The van der Waals surface area contributed by atoms with Gasteiger partial charge in [-0.05, 0) is 54.6 Å². The second-order valence-electron chi connectivity index (χ2n) is 9.39. The third kappa shape index (κ3) is 16.6. The quantitative estimate of drug-likeness (QED) is 0.116. The SMILES string of the molecule is Cl.Cl.Cl.Cl.NCCCC[C@H](N[C@@H](CNC(=O)NCc1ccc(Cl)cc1Cl)Cc1ccccc1)C(=O)NCc1ccccc1. The van der Waals surface area contributed by atoms with Crippen molar-refractivity contribution in [1.82, 2.24) is 21.3 Å². The summed E-state index contributed by atoms with van der Waals surface area (Å²) in [5.74, 6) is -0.0734. The molecule has 0 unspecified atom stereocenters. The summed E-state index contributed by atoms with van der Waals surface area (Å²) in [6, 6.07) is 24.0. The number of amides is 3. The lowest BCUT2D eigenvalue weighted by Gasteiger charge is -2.26. The molecule has 0 aliphatic heterocycles. The monoisotopic (exact) mass is 713 g/mol. The molecule has 3 aromatic carbocycles. The molecule has 6 N–H and O–H groups in total. The van der Waals surface area contributed by atoms with Crippen LogP contribution < -0.4 is 27.0 Å². The topological polar surface area (TPSA) is 108 Å². The van der Waals surface area contributed by atoms with Gasteiger partial charge in [-0.2, -0.15) is 0 Å². The molecule has 0 bridgehead atoms. The molecular weight excluding hydrogens is 675 g/mol. The zero-order valence-electron chi connectivity index (χ0n) is 23.6. The predicted molar refractivity (Wildman–Crippen MR) is 188 cm³/mol. The summed E-state index contributed by atoms with van der Waals surface area (Å²) in [6.07, 6.45) is 2.94. The Morgan fingerprint density at radius 1 is 0.744 bits per heavy atom. The lowest BCUT2D eigenvalue weighted by atomic mass is 10.0. The van der Waals surface area contributed by atoms with Crippen molar-refractivity contribution in [3.05, 3.63) is 106 Å². The van der Waals surface area contributed by atoms with Gasteiger partial charge in [-0.15, -0.1) is 49.6 Å². The smallest absolute Gasteiger partial charge is 0.315 e. The van der Waals surface area contributed by atoms with Gasteiger partial charge in [0.25, 0.3) is 0 Å². The van der Waals surface area contributed by atoms with E-state index in [1.807, 2.05) is 60.7 Å². The van der Waals surface area contributed by atoms with Gasteiger partial charge >= 0.3 is 6.03 Å². The number of hydrogen-bond acceptors (Lipinski definition) is 4. The van der Waals surface area contributed by atoms with E-state index in [0.717, 1.165) is 29.5 Å². The fourth-order valence-electron chi connectivity index (χ4n) is 4.18. The molecule has 0 spiro atoms. The van der Waals surface area contributed by atoms with E-state index in [1.54, 1.807) is 18.2 Å². The molecule has 13 heteroatoms. The highest BCUT2D eigenvalue weighted by atomic mass is 35.5. The number of carbonyl (C=O) groups excluding carboxylic acids is 2. The minimum atomic E-state index is -0.424. The predicted octanol–water partition coefficient (Wildman–Crippen LogP) is 6.49. The van der Waals surface area contributed by atoms with Gasteiger partial charge in [0.05, 0.1) is 6.04 Å². The van der Waals surface area contributed by atoms with Crippen LogP contribution in [-0.4, -0.2) is 37.1 Å². The number of rotatable bonds is 15. The van der Waals surface area contributed by atoms with Crippen LogP contribution in [0.4, 0.5) is 4.79 Å². The van der Waals surface area contributed by atoms with Crippen molar-refractivity contribution in [2.45, 2.75) is 50.9 Å². The standard InChI is InChI=1S/C30H37Cl2N5O2.4ClH/c31-25-15-14-24(27(32)18-25)20-35-30(39)36-21-26(17-22-9-3-1-4-10-22)37-28(13-7-8-16-33)29(38)34-19-23-11-5-2-6-12-23;;;;/h1-6,9-12,14-15,18,26,28,37H,7-8,13,16-17,19-21,33H2,(H,34,38)(H2,35,36,39);4*1H/t26-,28+;;;;/m1..../s1. The maximum absolute atomic E-state index is 13.2. The van der Waals surface area contributed by atoms with E-state index in [1.165, 1.54) is 0 Å². The molecule has 0 aromatic heterocycles. The molecule has 0 radical (unpaired) electrons. The molecule has 43 heavy (non-hydrogen) atoms. The van der Waals surface area contributed by atoms with Gasteiger partial charge in [-0.1, -0.05) is 96.4 Å². The summed E-state index contributed by atoms with van der Waals surface area (Å²) < 4.78 is 0. The van der Waals surface area contributed by atoms with E-state index >= 15 is 0 Å². The Morgan fingerprint density at radius 3 is 1.98 bits per heavy atom. The lowest BCUT2D eigenvalue weighted by molar-refractivity contribution is -0.123. The number of benzene rings is 3. The van der Waals surface area contributed by atoms with Crippen LogP contribution in [0, 0.1) is 0 Å². The molecule has 240 valence electrons. The minimum Gasteiger partial charge on any atom is -0.351 e. The van der Waals surface area contributed by atoms with Crippen molar-refractivity contribution in [2.24, 2.45) is 5.73 Å². The largest absolute Gasteiger partial charge is 0.351 e. The minimum absolute atomic E-state index is 0. The van der Waals surface area contributed by atoms with Gasteiger partial charge in [0.15, 0.2) is 0 Å². The van der Waals surface area contributed by atoms with E-state index in [-0.39, 0.29) is 74.2 Å². The molecule has 0 heterocycles. The second-order valence-corrected chi connectivity index (χ2v) is 10.2. The van der Waals surface area contributed by atoms with Crippen LogP contribution in [-0.2, 0) is 24.3 Å². The van der Waals surface area contributed by atoms with E-state index in [4.69, 9.17) is 28.9 Å². The molecule has 3 amide bonds. The summed E-state index contributed by atoms with van der Waals surface area (Å²) in [5.41, 5.74) is 8.62. The molecule has 0 saturated carbocycles. The van der Waals surface area contributed by atoms with Crippen molar-refractivity contribution >= 4 is 84.8 Å². The number of halogens is 6. The van der Waals surface area contributed by atoms with Crippen LogP contribution >= 0.6 is 72.8 Å². The number of nitrogens with one attached hydrogen (secondary N) is 4. The Bertz CT molecular complexity index is 1180. The number of nitrogens with two attached hydrogens (primary N) is 1. The third-order valence-electron chi connectivity index (χ3n) is 6.30. The molecule has 0 aliphatic rings. The number of carbonyl (C=O) groups is 2. The number of hydrogen-bond donors (Lipinski definition) is 5. The van der Waals surface area contributed by atoms with Gasteiger partial charge in [-0.3, -0.25) is 4.79 Å². The van der Waals surface area contributed by atoms with Crippen LogP contribution in [0.2, 0.25) is 10.0 Å². The van der Waals surface area contributed by atoms with E-state index < -0.39 is 6.04 Å². The van der Waals surface area contributed by atoms with Gasteiger partial charge < -0.3 is 27.0 Å². The summed E-state index contributed by atoms with van der Waals surface area (Å²) in [7, 11) is 0. The fourth-order valence-corrected chi connectivity index (χ4v) is 4.66. The highest BCUT2D eigenvalue weighted by molar-refractivity contribution is 6.35. The van der Waals surface area contributed by atoms with Crippen LogP contribution in [0.25, 0.3) is 0 Å². The van der Waals surface area contributed by atoms with Gasteiger partial charge in [-0.25, -0.2) is 4.79 Å². The fraction of sp³-hybridized carbons (Fsp3) is 0.333. The highest BCUT2D eigenvalue weighted by Gasteiger charge is 2.22. The van der Waals surface area contributed by atoms with Crippen molar-refractivity contribution in [1.29, 1.82) is 0 Å². The molecule has 0 aliphatic carbocycles. The average molecular weight is 716 g/mol. The van der Waals surface area contributed by atoms with Gasteiger partial charge in [0, 0.05) is 35.7 Å². The van der Waals surface area contributed by atoms with E-state index in [0.29, 0.717) is 42.5 Å². The van der Waals surface area contributed by atoms with Crippen molar-refractivity contribution in [2.75, 3.05) is 13.1 Å². The molecular formula is C30H41Cl6N5O2. The zero-order valence-corrected chi connectivity index (χ0v) is 28.4. The first-order chi connectivity index (χ1) is 18.9. The maximum atomic E-state index is 13.2. The summed E-state index contributed by atoms with van der Waals surface area (Å²) >= 11 is 12.2. The Kier molecular flexibility index (Phi) is 24.5. The van der Waals surface area contributed by atoms with Crippen molar-refractivity contribution in [3.63, 3.8) is 0 Å². The Morgan fingerprint density at radius 2 is 1.37 bits per heavy atom. The summed E-state index contributed by atoms with van der Waals surface area (Å²) in [5, 5.41) is 13.4. The van der Waals surface area contributed by atoms with Gasteiger partial charge in [0.1, 0.15) is 0 Å². The highest BCUT2D eigenvalue weighted by Crippen LogP contribution is 2.20. The molecule has 3 aromatic rings. The normalized spacial score (nSPS) is 11.2. The first-order valence-corrected chi connectivity index (χ1v) is 14.0. The van der Waals surface area contributed by atoms with Gasteiger partial charge in [0.2, 0.25) is 5.91 Å². The molecule has 2 atom stereocenters. The average Bonchev–Trinajstić information content (AvgIpc) is 2.94. The Labute approximate surface area is 289 Å². The van der Waals surface area contributed by atoms with Crippen LogP contribution in [0.1, 0.15) is 36.0 Å². The first kappa shape index (κ1) is 43.2.